The third-order valence-electron chi connectivity index (χ3n) is 7.23. The minimum Gasteiger partial charge on any atom is -0.454 e. The largest absolute Gasteiger partial charge is 0.454 e. The van der Waals surface area contributed by atoms with Gasteiger partial charge in [0.05, 0.1) is 17.2 Å². The van der Waals surface area contributed by atoms with Crippen molar-refractivity contribution in [2.75, 3.05) is 0 Å². The number of hydrogen-bond donors (Lipinski definition) is 0. The Morgan fingerprint density at radius 3 is 1.84 bits per heavy atom. The van der Waals surface area contributed by atoms with Crippen LogP contribution in [-0.4, -0.2) is 0 Å². The Kier molecular flexibility index (Phi) is 5.39. The second-order valence-corrected chi connectivity index (χ2v) is 9.86. The quantitative estimate of drug-likeness (QED) is 0.240. The van der Waals surface area contributed by atoms with Gasteiger partial charge in [0.15, 0.2) is 6.20 Å². The average molecular weight is 480 g/mol. The molecule has 4 aromatic carbocycles. The van der Waals surface area contributed by atoms with Crippen LogP contribution in [0.4, 0.5) is 0 Å². The molecular formula is C34H27N2O+. The van der Waals surface area contributed by atoms with E-state index in [-0.39, 0.29) is 0 Å². The summed E-state index contributed by atoms with van der Waals surface area (Å²) < 4.78 is 8.84. The van der Waals surface area contributed by atoms with E-state index in [2.05, 4.69) is 117 Å². The summed E-state index contributed by atoms with van der Waals surface area (Å²) in [7, 11) is 2.07. The lowest BCUT2D eigenvalue weighted by molar-refractivity contribution is -0.660. The van der Waals surface area contributed by atoms with Crippen molar-refractivity contribution in [1.82, 2.24) is 0 Å². The van der Waals surface area contributed by atoms with Crippen LogP contribution < -0.4 is 4.57 Å². The van der Waals surface area contributed by atoms with Crippen molar-refractivity contribution < 1.29 is 8.98 Å². The summed E-state index contributed by atoms with van der Waals surface area (Å²) in [6, 6.07) is 31.8. The van der Waals surface area contributed by atoms with Gasteiger partial charge in [-0.2, -0.15) is 5.26 Å². The molecule has 178 valence electrons. The highest BCUT2D eigenvalue weighted by Gasteiger charge is 2.23. The lowest BCUT2D eigenvalue weighted by Crippen LogP contribution is -2.31. The number of nitrogens with zero attached hydrogens (tertiary/aromatic N) is 2. The van der Waals surface area contributed by atoms with Crippen LogP contribution >= 0.6 is 0 Å². The molecule has 0 aliphatic rings. The number of benzene rings is 4. The van der Waals surface area contributed by atoms with Gasteiger partial charge in [-0.1, -0.05) is 66.2 Å². The molecule has 37 heavy (non-hydrogen) atoms. The van der Waals surface area contributed by atoms with Gasteiger partial charge in [0.2, 0.25) is 5.69 Å². The smallest absolute Gasteiger partial charge is 0.216 e. The van der Waals surface area contributed by atoms with Gasteiger partial charge in [-0.3, -0.25) is 0 Å². The van der Waals surface area contributed by atoms with E-state index in [1.807, 2.05) is 12.1 Å². The van der Waals surface area contributed by atoms with Gasteiger partial charge in [-0.25, -0.2) is 4.57 Å². The van der Waals surface area contributed by atoms with Crippen molar-refractivity contribution in [3.8, 4) is 39.6 Å². The molecule has 0 fully saturated rings. The van der Waals surface area contributed by atoms with Crippen LogP contribution in [0.1, 0.15) is 22.3 Å². The molecule has 0 unspecified atom stereocenters. The van der Waals surface area contributed by atoms with Gasteiger partial charge in [0.1, 0.15) is 18.2 Å². The summed E-state index contributed by atoms with van der Waals surface area (Å²) in [6.45, 7) is 6.31. The normalized spacial score (nSPS) is 11.2. The van der Waals surface area contributed by atoms with Gasteiger partial charge in [0, 0.05) is 28.0 Å². The Morgan fingerprint density at radius 1 is 0.622 bits per heavy atom. The molecule has 0 saturated heterocycles. The summed E-state index contributed by atoms with van der Waals surface area (Å²) in [4.78, 5) is 0. The number of aryl methyl sites for hydroxylation is 4. The van der Waals surface area contributed by atoms with Crippen LogP contribution in [0.15, 0.2) is 95.5 Å². The van der Waals surface area contributed by atoms with Crippen LogP contribution in [0.2, 0.25) is 0 Å². The van der Waals surface area contributed by atoms with E-state index < -0.39 is 0 Å². The number of nitriles is 1. The third kappa shape index (κ3) is 3.79. The number of pyridine rings is 1. The highest BCUT2D eigenvalue weighted by Crippen LogP contribution is 2.42. The first kappa shape index (κ1) is 22.8. The zero-order valence-corrected chi connectivity index (χ0v) is 21.5. The number of furan rings is 1. The predicted molar refractivity (Wildman–Crippen MR) is 150 cm³/mol. The standard InChI is InChI=1S/C34H27N2O/c1-21-5-9-24(10-6-21)25-11-13-26(14-12-25)32-27(19-35)15-17-29-28-16-8-23(3)31(33(28)37-34(29)32)30-18-7-22(2)20-36(30)4/h5-18,20H,1-4H3/q+1. The maximum absolute atomic E-state index is 10.0. The molecule has 0 saturated carbocycles. The van der Waals surface area contributed by atoms with Crippen molar-refractivity contribution in [2.24, 2.45) is 7.05 Å². The fourth-order valence-corrected chi connectivity index (χ4v) is 5.28. The molecule has 0 spiro atoms. The fraction of sp³-hybridized carbons (Fsp3) is 0.118. The van der Waals surface area contributed by atoms with Crippen LogP contribution in [-0.2, 0) is 7.05 Å². The topological polar surface area (TPSA) is 40.8 Å². The second-order valence-electron chi connectivity index (χ2n) is 9.86. The maximum atomic E-state index is 10.0. The molecule has 6 rings (SSSR count). The molecule has 0 aliphatic heterocycles. The lowest BCUT2D eigenvalue weighted by Gasteiger charge is -2.08. The fourth-order valence-electron chi connectivity index (χ4n) is 5.28. The molecule has 2 aromatic heterocycles. The van der Waals surface area contributed by atoms with Gasteiger partial charge in [0.25, 0.3) is 0 Å². The van der Waals surface area contributed by atoms with E-state index in [1.54, 1.807) is 0 Å². The first-order valence-corrected chi connectivity index (χ1v) is 12.5. The van der Waals surface area contributed by atoms with E-state index >= 15 is 0 Å². The summed E-state index contributed by atoms with van der Waals surface area (Å²) in [5.74, 6) is 0. The van der Waals surface area contributed by atoms with Crippen LogP contribution in [0.3, 0.4) is 0 Å². The predicted octanol–water partition coefficient (Wildman–Crippen LogP) is 8.21. The average Bonchev–Trinajstić information content (AvgIpc) is 3.28. The van der Waals surface area contributed by atoms with Crippen molar-refractivity contribution >= 4 is 21.9 Å². The summed E-state index contributed by atoms with van der Waals surface area (Å²) in [6.07, 6.45) is 2.13. The second kappa shape index (κ2) is 8.76. The zero-order valence-electron chi connectivity index (χ0n) is 21.5. The van der Waals surface area contributed by atoms with E-state index in [0.29, 0.717) is 5.56 Å². The molecule has 3 heteroatoms. The molecular weight excluding hydrogens is 452 g/mol. The summed E-state index contributed by atoms with van der Waals surface area (Å²) in [5.41, 5.74) is 12.1. The van der Waals surface area contributed by atoms with Crippen LogP contribution in [0.5, 0.6) is 0 Å². The number of rotatable bonds is 3. The molecule has 2 heterocycles. The van der Waals surface area contributed by atoms with Gasteiger partial charge in [-0.15, -0.1) is 0 Å². The van der Waals surface area contributed by atoms with E-state index in [1.165, 1.54) is 16.7 Å². The molecule has 3 nitrogen and oxygen atoms in total. The zero-order chi connectivity index (χ0) is 25.7. The summed E-state index contributed by atoms with van der Waals surface area (Å²) in [5, 5.41) is 12.1. The van der Waals surface area contributed by atoms with Gasteiger partial charge in [-0.05, 0) is 61.2 Å². The highest BCUT2D eigenvalue weighted by molar-refractivity contribution is 6.14. The van der Waals surface area contributed by atoms with Crippen LogP contribution in [0.25, 0.3) is 55.4 Å². The third-order valence-corrected chi connectivity index (χ3v) is 7.23. The Balaban J connectivity index is 1.58. The number of aromatic nitrogens is 1. The number of hydrogen-bond acceptors (Lipinski definition) is 2. The van der Waals surface area contributed by atoms with Crippen molar-refractivity contribution in [3.05, 3.63) is 113 Å². The first-order valence-electron chi connectivity index (χ1n) is 12.5. The van der Waals surface area contributed by atoms with E-state index in [4.69, 9.17) is 4.42 Å². The first-order chi connectivity index (χ1) is 17.9. The lowest BCUT2D eigenvalue weighted by atomic mass is 9.94. The van der Waals surface area contributed by atoms with Gasteiger partial charge < -0.3 is 4.42 Å². The van der Waals surface area contributed by atoms with Crippen LogP contribution in [0, 0.1) is 32.1 Å². The van der Waals surface area contributed by atoms with Crippen molar-refractivity contribution in [1.29, 1.82) is 5.26 Å². The maximum Gasteiger partial charge on any atom is 0.216 e. The van der Waals surface area contributed by atoms with Crippen molar-refractivity contribution in [3.63, 3.8) is 0 Å². The molecule has 0 radical (unpaired) electrons. The Bertz CT molecular complexity index is 1850. The number of fused-ring (bicyclic) bond motifs is 3. The van der Waals surface area contributed by atoms with Crippen molar-refractivity contribution in [2.45, 2.75) is 20.8 Å². The van der Waals surface area contributed by atoms with E-state index in [9.17, 15) is 5.26 Å². The minimum atomic E-state index is 0.605. The monoisotopic (exact) mass is 479 g/mol. The van der Waals surface area contributed by atoms with Gasteiger partial charge >= 0.3 is 0 Å². The molecule has 0 bridgehead atoms. The molecule has 6 aromatic rings. The van der Waals surface area contributed by atoms with E-state index in [0.717, 1.165) is 55.4 Å². The summed E-state index contributed by atoms with van der Waals surface area (Å²) >= 11 is 0. The molecule has 0 N–H and O–H groups in total. The Labute approximate surface area is 216 Å². The molecule has 0 amide bonds. The molecule has 0 aliphatic carbocycles. The SMILES string of the molecule is Cc1ccc(-c2ccc(-c3c(C#N)ccc4c3oc3c(-c5ccc(C)c[n+]5C)c(C)ccc34)cc2)cc1. The molecule has 0 atom stereocenters. The Hall–Kier alpha value is -4.68. The minimum absolute atomic E-state index is 0.605. The highest BCUT2D eigenvalue weighted by atomic mass is 16.3. The Morgan fingerprint density at radius 2 is 1.19 bits per heavy atom.